The number of methoxy groups -OCH3 is 1. The minimum absolute atomic E-state index is 0.00982. The lowest BCUT2D eigenvalue weighted by atomic mass is 10.2. The fraction of sp³-hybridized carbons (Fsp3) is 0.188. The molecule has 0 spiro atoms. The summed E-state index contributed by atoms with van der Waals surface area (Å²) >= 11 is 5.68. The fourth-order valence-electron chi connectivity index (χ4n) is 2.38. The van der Waals surface area contributed by atoms with Crippen LogP contribution in [0.2, 0.25) is 5.28 Å². The average Bonchev–Trinajstić information content (AvgIpc) is 3.11. The van der Waals surface area contributed by atoms with Gasteiger partial charge in [0.15, 0.2) is 0 Å². The number of ether oxygens (including phenoxy) is 1. The van der Waals surface area contributed by atoms with E-state index in [0.717, 1.165) is 17.8 Å². The number of halogens is 3. The molecule has 0 amide bonds. The molecule has 0 radical (unpaired) electrons. The highest BCUT2D eigenvalue weighted by Crippen LogP contribution is 2.26. The number of alkyl halides is 2. The molecule has 1 aromatic carbocycles. The van der Waals surface area contributed by atoms with E-state index >= 15 is 0 Å². The van der Waals surface area contributed by atoms with Gasteiger partial charge in [0.05, 0.1) is 17.7 Å². The normalized spacial score (nSPS) is 10.9. The summed E-state index contributed by atoms with van der Waals surface area (Å²) in [6, 6.07) is 7.89. The average molecular weight is 411 g/mol. The Morgan fingerprint density at radius 3 is 2.68 bits per heavy atom. The van der Waals surface area contributed by atoms with Gasteiger partial charge in [-0.2, -0.15) is 10.1 Å². The van der Waals surface area contributed by atoms with Crippen LogP contribution in [0.15, 0.2) is 36.5 Å². The Morgan fingerprint density at radius 1 is 1.36 bits per heavy atom. The van der Waals surface area contributed by atoms with Crippen molar-refractivity contribution >= 4 is 23.1 Å². The van der Waals surface area contributed by atoms with Crippen molar-refractivity contribution in [3.8, 4) is 11.6 Å². The summed E-state index contributed by atoms with van der Waals surface area (Å²) in [6.45, 7) is 0.215. The van der Waals surface area contributed by atoms with E-state index in [4.69, 9.17) is 16.3 Å². The molecule has 0 fully saturated rings. The zero-order valence-electron chi connectivity index (χ0n) is 14.3. The molecule has 1 N–H and O–H groups in total. The first-order valence-corrected chi connectivity index (χ1v) is 8.19. The molecule has 28 heavy (non-hydrogen) atoms. The summed E-state index contributed by atoms with van der Waals surface area (Å²) in [4.78, 5) is 17.8. The van der Waals surface area contributed by atoms with Gasteiger partial charge in [0.1, 0.15) is 11.9 Å². The van der Waals surface area contributed by atoms with Crippen molar-refractivity contribution < 1.29 is 18.4 Å². The molecule has 9 nitrogen and oxygen atoms in total. The maximum absolute atomic E-state index is 12.8. The zero-order chi connectivity index (χ0) is 20.3. The molecule has 12 heteroatoms. The summed E-state index contributed by atoms with van der Waals surface area (Å²) < 4.78 is 32.0. The first-order chi connectivity index (χ1) is 13.4. The van der Waals surface area contributed by atoms with Gasteiger partial charge in [0.25, 0.3) is 6.43 Å². The number of benzene rings is 1. The van der Waals surface area contributed by atoms with Crippen LogP contribution in [0.1, 0.15) is 17.7 Å². The summed E-state index contributed by atoms with van der Waals surface area (Å²) in [5.74, 6) is 0.164. The molecule has 0 atom stereocenters. The van der Waals surface area contributed by atoms with Gasteiger partial charge in [-0.1, -0.05) is 12.1 Å². The van der Waals surface area contributed by atoms with Gasteiger partial charge in [-0.05, 0) is 29.3 Å². The summed E-state index contributed by atoms with van der Waals surface area (Å²) in [7, 11) is 1.36. The van der Waals surface area contributed by atoms with E-state index in [-0.39, 0.29) is 29.2 Å². The largest absolute Gasteiger partial charge is 0.481 e. The molecular weight excluding hydrogens is 398 g/mol. The molecule has 0 saturated carbocycles. The maximum atomic E-state index is 12.8. The van der Waals surface area contributed by atoms with E-state index in [2.05, 4.69) is 20.4 Å². The van der Waals surface area contributed by atoms with E-state index in [1.54, 1.807) is 24.3 Å². The van der Waals surface area contributed by atoms with E-state index in [1.165, 1.54) is 11.8 Å². The van der Waals surface area contributed by atoms with Crippen molar-refractivity contribution in [2.24, 2.45) is 0 Å². The highest BCUT2D eigenvalue weighted by Gasteiger charge is 2.18. The van der Waals surface area contributed by atoms with Gasteiger partial charge in [-0.3, -0.25) is 10.1 Å². The van der Waals surface area contributed by atoms with E-state index in [9.17, 15) is 18.9 Å². The number of hydrogen-bond acceptors (Lipinski definition) is 7. The lowest BCUT2D eigenvalue weighted by Crippen LogP contribution is -2.06. The second kappa shape index (κ2) is 8.13. The van der Waals surface area contributed by atoms with Gasteiger partial charge in [-0.25, -0.2) is 18.4 Å². The van der Waals surface area contributed by atoms with Crippen LogP contribution in [0.4, 0.5) is 20.3 Å². The SMILES string of the molecule is COc1cc(C(F)F)nn1-c1ccc(CNc2nc(Cl)ncc2[N+](=O)[O-])cc1. The second-order valence-electron chi connectivity index (χ2n) is 5.47. The highest BCUT2D eigenvalue weighted by molar-refractivity contribution is 6.28. The van der Waals surface area contributed by atoms with Crippen LogP contribution in [0.3, 0.4) is 0 Å². The predicted octanol–water partition coefficient (Wildman–Crippen LogP) is 3.78. The number of hydrogen-bond donors (Lipinski definition) is 1. The molecule has 3 rings (SSSR count). The number of anilines is 1. The molecule has 0 aliphatic heterocycles. The Kier molecular flexibility index (Phi) is 5.64. The maximum Gasteiger partial charge on any atom is 0.329 e. The van der Waals surface area contributed by atoms with Crippen molar-refractivity contribution in [3.05, 3.63) is 63.2 Å². The number of nitrogens with one attached hydrogen (secondary N) is 1. The molecule has 2 heterocycles. The zero-order valence-corrected chi connectivity index (χ0v) is 15.1. The Hall–Kier alpha value is -3.34. The van der Waals surface area contributed by atoms with E-state index < -0.39 is 17.0 Å². The number of nitro groups is 1. The minimum atomic E-state index is -2.71. The van der Waals surface area contributed by atoms with Crippen molar-refractivity contribution in [1.29, 1.82) is 0 Å². The van der Waals surface area contributed by atoms with Crippen LogP contribution in [0.25, 0.3) is 5.69 Å². The molecule has 0 unspecified atom stereocenters. The molecule has 0 aliphatic carbocycles. The summed E-state index contributed by atoms with van der Waals surface area (Å²) in [5, 5.41) is 17.6. The Balaban J connectivity index is 1.78. The first kappa shape index (κ1) is 19.4. The molecular formula is C16H13ClF2N6O3. The molecule has 146 valence electrons. The summed E-state index contributed by atoms with van der Waals surface area (Å²) in [5.41, 5.74) is 0.578. The van der Waals surface area contributed by atoms with Crippen LogP contribution in [0, 0.1) is 10.1 Å². The van der Waals surface area contributed by atoms with Crippen molar-refractivity contribution in [1.82, 2.24) is 19.7 Å². The number of nitrogens with zero attached hydrogens (tertiary/aromatic N) is 5. The minimum Gasteiger partial charge on any atom is -0.481 e. The Morgan fingerprint density at radius 2 is 2.07 bits per heavy atom. The lowest BCUT2D eigenvalue weighted by Gasteiger charge is -2.09. The van der Waals surface area contributed by atoms with Crippen LogP contribution in [0.5, 0.6) is 5.88 Å². The third-order valence-corrected chi connectivity index (χ3v) is 3.89. The molecule has 0 bridgehead atoms. The lowest BCUT2D eigenvalue weighted by molar-refractivity contribution is -0.384. The van der Waals surface area contributed by atoms with Gasteiger partial charge in [0, 0.05) is 12.6 Å². The van der Waals surface area contributed by atoms with Crippen LogP contribution < -0.4 is 10.1 Å². The standard InChI is InChI=1S/C16H13ClF2N6O3/c1-28-13-6-11(14(18)19)23-24(13)10-4-2-9(3-5-10)7-20-15-12(25(26)27)8-21-16(17)22-15/h2-6,8,14H,7H2,1H3,(H,20,21,22). The number of aromatic nitrogens is 4. The molecule has 0 saturated heterocycles. The van der Waals surface area contributed by atoms with Gasteiger partial charge in [-0.15, -0.1) is 0 Å². The highest BCUT2D eigenvalue weighted by atomic mass is 35.5. The van der Waals surface area contributed by atoms with E-state index in [0.29, 0.717) is 5.69 Å². The third-order valence-electron chi connectivity index (χ3n) is 3.71. The Labute approximate surface area is 162 Å². The monoisotopic (exact) mass is 410 g/mol. The molecule has 3 aromatic rings. The third kappa shape index (κ3) is 4.14. The topological polar surface area (TPSA) is 108 Å². The summed E-state index contributed by atoms with van der Waals surface area (Å²) in [6.07, 6.45) is -1.69. The van der Waals surface area contributed by atoms with Gasteiger partial charge in [0.2, 0.25) is 17.0 Å². The van der Waals surface area contributed by atoms with Crippen LogP contribution in [-0.2, 0) is 6.54 Å². The van der Waals surface area contributed by atoms with Gasteiger partial charge < -0.3 is 10.1 Å². The van der Waals surface area contributed by atoms with E-state index in [1.807, 2.05) is 0 Å². The number of rotatable bonds is 7. The Bertz CT molecular complexity index is 997. The molecule has 2 aromatic heterocycles. The predicted molar refractivity (Wildman–Crippen MR) is 96.1 cm³/mol. The second-order valence-corrected chi connectivity index (χ2v) is 5.81. The molecule has 0 aliphatic rings. The van der Waals surface area contributed by atoms with Crippen molar-refractivity contribution in [3.63, 3.8) is 0 Å². The first-order valence-electron chi connectivity index (χ1n) is 7.81. The van der Waals surface area contributed by atoms with Crippen molar-refractivity contribution in [2.75, 3.05) is 12.4 Å². The van der Waals surface area contributed by atoms with Crippen LogP contribution >= 0.6 is 11.6 Å². The van der Waals surface area contributed by atoms with Crippen LogP contribution in [-0.4, -0.2) is 31.8 Å². The smallest absolute Gasteiger partial charge is 0.329 e. The quantitative estimate of drug-likeness (QED) is 0.358. The van der Waals surface area contributed by atoms with Gasteiger partial charge >= 0.3 is 5.69 Å². The van der Waals surface area contributed by atoms with Crippen molar-refractivity contribution in [2.45, 2.75) is 13.0 Å². The fourth-order valence-corrected chi connectivity index (χ4v) is 2.51.